The molecule has 6 nitrogen and oxygen atoms in total. The van der Waals surface area contributed by atoms with Crippen LogP contribution in [0.25, 0.3) is 0 Å². The summed E-state index contributed by atoms with van der Waals surface area (Å²) in [5, 5.41) is 14.2. The Morgan fingerprint density at radius 3 is 2.48 bits per heavy atom. The average molecular weight is 307 g/mol. The van der Waals surface area contributed by atoms with Crippen LogP contribution >= 0.6 is 0 Å². The van der Waals surface area contributed by atoms with E-state index in [0.29, 0.717) is 5.75 Å². The lowest BCUT2D eigenvalue weighted by molar-refractivity contribution is 0.0694. The Balaban J connectivity index is 2.47. The van der Waals surface area contributed by atoms with Crippen LogP contribution in [0, 0.1) is 6.92 Å². The number of rotatable bonds is 4. The molecule has 0 atom stereocenters. The average Bonchev–Trinajstić information content (AvgIpc) is 2.37. The van der Waals surface area contributed by atoms with E-state index in [-0.39, 0.29) is 16.2 Å². The van der Waals surface area contributed by atoms with Crippen LogP contribution in [-0.2, 0) is 10.0 Å². The maximum absolute atomic E-state index is 11.3. The van der Waals surface area contributed by atoms with E-state index in [2.05, 4.69) is 0 Å². The SMILES string of the molecule is Cc1cccc(Oc2ccc(S(N)(=O)=O)cc2C(=O)O)c1. The monoisotopic (exact) mass is 307 g/mol. The number of primary sulfonamides is 1. The maximum Gasteiger partial charge on any atom is 0.339 e. The molecule has 2 aromatic carbocycles. The normalized spacial score (nSPS) is 11.1. The third-order valence-corrected chi connectivity index (χ3v) is 3.64. The van der Waals surface area contributed by atoms with E-state index >= 15 is 0 Å². The van der Waals surface area contributed by atoms with Crippen molar-refractivity contribution in [1.82, 2.24) is 0 Å². The van der Waals surface area contributed by atoms with Gasteiger partial charge in [0.2, 0.25) is 10.0 Å². The van der Waals surface area contributed by atoms with Crippen molar-refractivity contribution >= 4 is 16.0 Å². The van der Waals surface area contributed by atoms with Gasteiger partial charge in [-0.05, 0) is 42.8 Å². The van der Waals surface area contributed by atoms with Gasteiger partial charge in [0.05, 0.1) is 4.90 Å². The highest BCUT2D eigenvalue weighted by atomic mass is 32.2. The van der Waals surface area contributed by atoms with Crippen molar-refractivity contribution in [2.45, 2.75) is 11.8 Å². The second-order valence-corrected chi connectivity index (χ2v) is 5.99. The van der Waals surface area contributed by atoms with Gasteiger partial charge in [0.15, 0.2) is 0 Å². The zero-order chi connectivity index (χ0) is 15.6. The third-order valence-electron chi connectivity index (χ3n) is 2.73. The van der Waals surface area contributed by atoms with Crippen LogP contribution in [0.3, 0.4) is 0 Å². The number of aryl methyl sites for hydroxylation is 1. The minimum Gasteiger partial charge on any atom is -0.478 e. The zero-order valence-electron chi connectivity index (χ0n) is 11.1. The lowest BCUT2D eigenvalue weighted by atomic mass is 10.2. The van der Waals surface area contributed by atoms with Crippen LogP contribution in [0.5, 0.6) is 11.5 Å². The Morgan fingerprint density at radius 1 is 1.19 bits per heavy atom. The van der Waals surface area contributed by atoms with Crippen LogP contribution in [0.4, 0.5) is 0 Å². The number of ether oxygens (including phenoxy) is 1. The highest BCUT2D eigenvalue weighted by Crippen LogP contribution is 2.28. The zero-order valence-corrected chi connectivity index (χ0v) is 11.9. The van der Waals surface area contributed by atoms with Crippen molar-refractivity contribution in [2.24, 2.45) is 5.14 Å². The largest absolute Gasteiger partial charge is 0.478 e. The standard InChI is InChI=1S/C14H13NO5S/c1-9-3-2-4-10(7-9)20-13-6-5-11(21(15,18)19)8-12(13)14(16)17/h2-8H,1H3,(H,16,17)(H2,15,18,19). The fourth-order valence-corrected chi connectivity index (χ4v) is 2.29. The highest BCUT2D eigenvalue weighted by molar-refractivity contribution is 7.89. The number of carboxylic acid groups (broad SMARTS) is 1. The number of sulfonamides is 1. The van der Waals surface area contributed by atoms with Crippen molar-refractivity contribution in [3.8, 4) is 11.5 Å². The topological polar surface area (TPSA) is 107 Å². The lowest BCUT2D eigenvalue weighted by Gasteiger charge is -2.10. The van der Waals surface area contributed by atoms with E-state index in [1.54, 1.807) is 18.2 Å². The Labute approximate surface area is 121 Å². The number of carbonyl (C=O) groups is 1. The van der Waals surface area contributed by atoms with Crippen LogP contribution in [0.2, 0.25) is 0 Å². The molecule has 0 bridgehead atoms. The van der Waals surface area contributed by atoms with Crippen LogP contribution < -0.4 is 9.88 Å². The number of carboxylic acids is 1. The van der Waals surface area contributed by atoms with E-state index in [1.807, 2.05) is 13.0 Å². The maximum atomic E-state index is 11.3. The van der Waals surface area contributed by atoms with E-state index in [0.717, 1.165) is 11.6 Å². The van der Waals surface area contributed by atoms with Crippen molar-refractivity contribution < 1.29 is 23.1 Å². The second-order valence-electron chi connectivity index (χ2n) is 4.43. The lowest BCUT2D eigenvalue weighted by Crippen LogP contribution is -2.13. The first-order valence-corrected chi connectivity index (χ1v) is 7.46. The van der Waals surface area contributed by atoms with Gasteiger partial charge in [-0.2, -0.15) is 0 Å². The predicted molar refractivity (Wildman–Crippen MR) is 76.0 cm³/mol. The first-order valence-electron chi connectivity index (χ1n) is 5.92. The summed E-state index contributed by atoms with van der Waals surface area (Å²) >= 11 is 0. The summed E-state index contributed by atoms with van der Waals surface area (Å²) in [4.78, 5) is 11.0. The quantitative estimate of drug-likeness (QED) is 0.899. The van der Waals surface area contributed by atoms with E-state index < -0.39 is 16.0 Å². The van der Waals surface area contributed by atoms with E-state index in [1.165, 1.54) is 12.1 Å². The second kappa shape index (κ2) is 5.55. The molecule has 110 valence electrons. The summed E-state index contributed by atoms with van der Waals surface area (Å²) in [5.74, 6) is -0.801. The molecule has 0 radical (unpaired) electrons. The minimum absolute atomic E-state index is 0.0421. The van der Waals surface area contributed by atoms with Gasteiger partial charge in [-0.15, -0.1) is 0 Å². The summed E-state index contributed by atoms with van der Waals surface area (Å²) in [6.07, 6.45) is 0. The molecule has 0 saturated carbocycles. The van der Waals surface area contributed by atoms with Crippen LogP contribution in [0.1, 0.15) is 15.9 Å². The van der Waals surface area contributed by atoms with Gasteiger partial charge in [0.25, 0.3) is 0 Å². The summed E-state index contributed by atoms with van der Waals surface area (Å²) in [5.41, 5.74) is 0.675. The number of aromatic carboxylic acids is 1. The molecule has 0 fully saturated rings. The first kappa shape index (κ1) is 15.0. The van der Waals surface area contributed by atoms with Crippen molar-refractivity contribution in [3.05, 3.63) is 53.6 Å². The molecule has 0 unspecified atom stereocenters. The van der Waals surface area contributed by atoms with Gasteiger partial charge in [0, 0.05) is 0 Å². The Morgan fingerprint density at radius 2 is 1.90 bits per heavy atom. The molecule has 0 saturated heterocycles. The molecule has 0 aliphatic carbocycles. The molecule has 0 spiro atoms. The van der Waals surface area contributed by atoms with Gasteiger partial charge < -0.3 is 9.84 Å². The molecule has 0 aliphatic heterocycles. The first-order chi connectivity index (χ1) is 9.77. The van der Waals surface area contributed by atoms with Crippen molar-refractivity contribution in [3.63, 3.8) is 0 Å². The summed E-state index contributed by atoms with van der Waals surface area (Å²) in [6, 6.07) is 10.5. The Hall–Kier alpha value is -2.38. The number of benzene rings is 2. The van der Waals surface area contributed by atoms with Gasteiger partial charge in [-0.25, -0.2) is 18.4 Å². The highest BCUT2D eigenvalue weighted by Gasteiger charge is 2.17. The molecule has 0 aliphatic rings. The van der Waals surface area contributed by atoms with Gasteiger partial charge in [-0.3, -0.25) is 0 Å². The van der Waals surface area contributed by atoms with Crippen molar-refractivity contribution in [1.29, 1.82) is 0 Å². The molecule has 2 aromatic rings. The van der Waals surface area contributed by atoms with Gasteiger partial charge >= 0.3 is 5.97 Å². The molecule has 7 heteroatoms. The third kappa shape index (κ3) is 3.59. The fourth-order valence-electron chi connectivity index (χ4n) is 1.75. The Bertz CT molecular complexity index is 799. The number of nitrogens with two attached hydrogens (primary N) is 1. The van der Waals surface area contributed by atoms with Crippen molar-refractivity contribution in [2.75, 3.05) is 0 Å². The molecule has 3 N–H and O–H groups in total. The van der Waals surface area contributed by atoms with Gasteiger partial charge in [-0.1, -0.05) is 12.1 Å². The van der Waals surface area contributed by atoms with Crippen LogP contribution in [0.15, 0.2) is 47.4 Å². The van der Waals surface area contributed by atoms with Gasteiger partial charge in [0.1, 0.15) is 17.1 Å². The smallest absolute Gasteiger partial charge is 0.339 e. The van der Waals surface area contributed by atoms with Crippen LogP contribution in [-0.4, -0.2) is 19.5 Å². The molecule has 0 aromatic heterocycles. The number of hydrogen-bond donors (Lipinski definition) is 2. The number of hydrogen-bond acceptors (Lipinski definition) is 4. The molecular weight excluding hydrogens is 294 g/mol. The van der Waals surface area contributed by atoms with E-state index in [9.17, 15) is 18.3 Å². The fraction of sp³-hybridized carbons (Fsp3) is 0.0714. The molecule has 0 heterocycles. The predicted octanol–water partition coefficient (Wildman–Crippen LogP) is 2.13. The summed E-state index contributed by atoms with van der Waals surface area (Å²) < 4.78 is 28.0. The summed E-state index contributed by atoms with van der Waals surface area (Å²) in [6.45, 7) is 1.87. The molecule has 21 heavy (non-hydrogen) atoms. The summed E-state index contributed by atoms with van der Waals surface area (Å²) in [7, 11) is -3.97. The van der Waals surface area contributed by atoms with E-state index in [4.69, 9.17) is 9.88 Å². The molecular formula is C14H13NO5S. The minimum atomic E-state index is -3.97. The Kier molecular flexibility index (Phi) is 3.97. The molecule has 0 amide bonds. The molecule has 2 rings (SSSR count).